The molecule has 26 heavy (non-hydrogen) atoms. The van der Waals surface area contributed by atoms with Gasteiger partial charge in [0, 0.05) is 38.4 Å². The van der Waals surface area contributed by atoms with Crippen LogP contribution in [0, 0.1) is 11.8 Å². The van der Waals surface area contributed by atoms with E-state index in [-0.39, 0.29) is 11.8 Å². The van der Waals surface area contributed by atoms with Gasteiger partial charge in [-0.2, -0.15) is 5.10 Å². The third kappa shape index (κ3) is 2.84. The molecule has 2 saturated carbocycles. The number of rotatable bonds is 6. The van der Waals surface area contributed by atoms with Crippen LogP contribution < -0.4 is 0 Å². The van der Waals surface area contributed by atoms with Crippen molar-refractivity contribution in [3.05, 3.63) is 35.7 Å². The van der Waals surface area contributed by atoms with E-state index in [2.05, 4.69) is 19.7 Å². The molecule has 138 valence electrons. The maximum Gasteiger partial charge on any atom is 0.270 e. The van der Waals surface area contributed by atoms with Gasteiger partial charge in [0.25, 0.3) is 5.91 Å². The first-order chi connectivity index (χ1) is 12.7. The van der Waals surface area contributed by atoms with Crippen LogP contribution in [-0.4, -0.2) is 50.8 Å². The largest absolute Gasteiger partial charge is 0.377 e. The van der Waals surface area contributed by atoms with Crippen LogP contribution in [0.3, 0.4) is 0 Å². The SMILES string of the molecule is COCc1nc([C@H]2CN(C(=O)c3cccn3C3CC3)C[C@@H]2C2CC2)n[nH]1. The van der Waals surface area contributed by atoms with E-state index in [4.69, 9.17) is 4.74 Å². The molecule has 2 aromatic rings. The van der Waals surface area contributed by atoms with E-state index in [1.54, 1.807) is 7.11 Å². The number of hydrogen-bond acceptors (Lipinski definition) is 4. The molecule has 7 nitrogen and oxygen atoms in total. The number of carbonyl (C=O) groups is 1. The van der Waals surface area contributed by atoms with Gasteiger partial charge in [0.15, 0.2) is 11.6 Å². The summed E-state index contributed by atoms with van der Waals surface area (Å²) in [5, 5.41) is 7.40. The number of ether oxygens (including phenoxy) is 1. The normalized spacial score (nSPS) is 25.8. The number of H-pyrrole nitrogens is 1. The van der Waals surface area contributed by atoms with Gasteiger partial charge >= 0.3 is 0 Å². The predicted octanol–water partition coefficient (Wildman–Crippen LogP) is 2.35. The van der Waals surface area contributed by atoms with Gasteiger partial charge in [-0.15, -0.1) is 0 Å². The lowest BCUT2D eigenvalue weighted by Crippen LogP contribution is -2.30. The molecular weight excluding hydrogens is 330 g/mol. The van der Waals surface area contributed by atoms with Crippen LogP contribution in [0.4, 0.5) is 0 Å². The second-order valence-electron chi connectivity index (χ2n) is 7.92. The Morgan fingerprint density at radius 1 is 1.31 bits per heavy atom. The Bertz CT molecular complexity index is 804. The molecule has 0 unspecified atom stereocenters. The van der Waals surface area contributed by atoms with E-state index in [1.165, 1.54) is 25.7 Å². The summed E-state index contributed by atoms with van der Waals surface area (Å²) in [5.74, 6) is 3.14. The number of amides is 1. The number of aromatic nitrogens is 4. The van der Waals surface area contributed by atoms with Gasteiger partial charge in [0.1, 0.15) is 12.3 Å². The molecular formula is C19H25N5O2. The summed E-state index contributed by atoms with van der Waals surface area (Å²) < 4.78 is 7.30. The molecule has 2 aliphatic carbocycles. The molecule has 1 amide bonds. The Labute approximate surface area is 152 Å². The quantitative estimate of drug-likeness (QED) is 0.863. The number of likely N-dealkylation sites (tertiary alicyclic amines) is 1. The molecule has 3 heterocycles. The molecule has 3 aliphatic rings. The van der Waals surface area contributed by atoms with Crippen molar-refractivity contribution in [2.45, 2.75) is 44.2 Å². The lowest BCUT2D eigenvalue weighted by molar-refractivity contribution is 0.0773. The summed E-state index contributed by atoms with van der Waals surface area (Å²) >= 11 is 0. The van der Waals surface area contributed by atoms with Gasteiger partial charge in [-0.1, -0.05) is 0 Å². The van der Waals surface area contributed by atoms with Gasteiger partial charge in [-0.25, -0.2) is 4.98 Å². The number of nitrogens with zero attached hydrogens (tertiary/aromatic N) is 4. The molecule has 7 heteroatoms. The first-order valence-electron chi connectivity index (χ1n) is 9.61. The van der Waals surface area contributed by atoms with Crippen molar-refractivity contribution in [2.24, 2.45) is 11.8 Å². The molecule has 0 spiro atoms. The number of hydrogen-bond donors (Lipinski definition) is 1. The molecule has 2 aromatic heterocycles. The minimum absolute atomic E-state index is 0.155. The van der Waals surface area contributed by atoms with Crippen molar-refractivity contribution in [3.8, 4) is 0 Å². The first kappa shape index (κ1) is 16.1. The fourth-order valence-electron chi connectivity index (χ4n) is 4.36. The minimum Gasteiger partial charge on any atom is -0.377 e. The zero-order valence-electron chi connectivity index (χ0n) is 15.1. The molecule has 0 bridgehead atoms. The summed E-state index contributed by atoms with van der Waals surface area (Å²) in [6.07, 6.45) is 6.93. The number of aromatic amines is 1. The van der Waals surface area contributed by atoms with E-state index in [0.29, 0.717) is 31.0 Å². The zero-order valence-corrected chi connectivity index (χ0v) is 15.1. The van der Waals surface area contributed by atoms with Crippen LogP contribution in [0.15, 0.2) is 18.3 Å². The van der Waals surface area contributed by atoms with Gasteiger partial charge in [0.2, 0.25) is 0 Å². The summed E-state index contributed by atoms with van der Waals surface area (Å²) in [6.45, 7) is 1.96. The topological polar surface area (TPSA) is 76.0 Å². The van der Waals surface area contributed by atoms with Gasteiger partial charge < -0.3 is 14.2 Å². The van der Waals surface area contributed by atoms with Crippen molar-refractivity contribution >= 4 is 5.91 Å². The molecule has 0 radical (unpaired) electrons. The summed E-state index contributed by atoms with van der Waals surface area (Å²) in [4.78, 5) is 19.8. The third-order valence-electron chi connectivity index (χ3n) is 5.98. The Morgan fingerprint density at radius 2 is 2.15 bits per heavy atom. The lowest BCUT2D eigenvalue weighted by atomic mass is 9.91. The highest BCUT2D eigenvalue weighted by atomic mass is 16.5. The van der Waals surface area contributed by atoms with Gasteiger partial charge in [0.05, 0.1) is 0 Å². The second kappa shape index (κ2) is 6.23. The van der Waals surface area contributed by atoms with Crippen molar-refractivity contribution in [3.63, 3.8) is 0 Å². The van der Waals surface area contributed by atoms with Crippen LogP contribution in [0.2, 0.25) is 0 Å². The molecule has 2 atom stereocenters. The van der Waals surface area contributed by atoms with E-state index >= 15 is 0 Å². The van der Waals surface area contributed by atoms with Crippen molar-refractivity contribution < 1.29 is 9.53 Å². The van der Waals surface area contributed by atoms with Crippen LogP contribution in [0.25, 0.3) is 0 Å². The summed E-state index contributed by atoms with van der Waals surface area (Å²) in [5.41, 5.74) is 0.831. The van der Waals surface area contributed by atoms with Crippen molar-refractivity contribution in [2.75, 3.05) is 20.2 Å². The highest BCUT2D eigenvalue weighted by Crippen LogP contribution is 2.47. The van der Waals surface area contributed by atoms with Crippen LogP contribution in [-0.2, 0) is 11.3 Å². The average Bonchev–Trinajstić information content (AvgIpc) is 3.53. The standard InChI is InChI=1S/C19H25N5O2/c1-26-11-17-20-18(22-21-17)15-10-23(9-14(15)12-4-5-12)19(25)16-3-2-8-24(16)13-6-7-13/h2-3,8,12-15H,4-7,9-11H2,1H3,(H,20,21,22)/t14-,15+/m1/s1. The van der Waals surface area contributed by atoms with Crippen LogP contribution >= 0.6 is 0 Å². The van der Waals surface area contributed by atoms with Crippen molar-refractivity contribution in [1.82, 2.24) is 24.6 Å². The maximum atomic E-state index is 13.2. The molecule has 0 aromatic carbocycles. The molecule has 5 rings (SSSR count). The smallest absolute Gasteiger partial charge is 0.270 e. The minimum atomic E-state index is 0.155. The van der Waals surface area contributed by atoms with E-state index < -0.39 is 0 Å². The Balaban J connectivity index is 1.37. The lowest BCUT2D eigenvalue weighted by Gasteiger charge is -2.17. The fraction of sp³-hybridized carbons (Fsp3) is 0.632. The monoisotopic (exact) mass is 355 g/mol. The van der Waals surface area contributed by atoms with E-state index in [0.717, 1.165) is 23.9 Å². The fourth-order valence-corrected chi connectivity index (χ4v) is 4.36. The molecule has 1 saturated heterocycles. The Kier molecular flexibility index (Phi) is 3.85. The second-order valence-corrected chi connectivity index (χ2v) is 7.92. The van der Waals surface area contributed by atoms with Gasteiger partial charge in [-0.3, -0.25) is 9.89 Å². The third-order valence-corrected chi connectivity index (χ3v) is 5.98. The van der Waals surface area contributed by atoms with Gasteiger partial charge in [-0.05, 0) is 49.7 Å². The summed E-state index contributed by atoms with van der Waals surface area (Å²) in [6, 6.07) is 4.47. The Morgan fingerprint density at radius 3 is 2.88 bits per heavy atom. The summed E-state index contributed by atoms with van der Waals surface area (Å²) in [7, 11) is 1.65. The Hall–Kier alpha value is -2.15. The van der Waals surface area contributed by atoms with E-state index in [9.17, 15) is 4.79 Å². The predicted molar refractivity (Wildman–Crippen MR) is 94.7 cm³/mol. The number of carbonyl (C=O) groups excluding carboxylic acids is 1. The highest BCUT2D eigenvalue weighted by molar-refractivity contribution is 5.93. The van der Waals surface area contributed by atoms with Crippen LogP contribution in [0.5, 0.6) is 0 Å². The molecule has 3 fully saturated rings. The number of nitrogens with one attached hydrogen (secondary N) is 1. The first-order valence-corrected chi connectivity index (χ1v) is 9.61. The highest BCUT2D eigenvalue weighted by Gasteiger charge is 2.46. The molecule has 1 aliphatic heterocycles. The van der Waals surface area contributed by atoms with Crippen molar-refractivity contribution in [1.29, 1.82) is 0 Å². The zero-order chi connectivity index (χ0) is 17.7. The maximum absolute atomic E-state index is 13.2. The molecule has 1 N–H and O–H groups in total. The van der Waals surface area contributed by atoms with Crippen LogP contribution in [0.1, 0.15) is 59.8 Å². The average molecular weight is 355 g/mol. The number of methoxy groups -OCH3 is 1. The van der Waals surface area contributed by atoms with E-state index in [1.807, 2.05) is 23.2 Å².